The Balaban J connectivity index is 1.72. The number of ether oxygens (including phenoxy) is 1. The monoisotopic (exact) mass is 275 g/mol. The molecule has 0 spiro atoms. The standard InChI is InChI=1S/C18H29NO/c1-18(2)12-4-5-16(10-13-18)19-14-11-15-6-8-17(20-3)9-7-15/h6-9,16,19H,4-5,10-14H2,1-3H3. The smallest absolute Gasteiger partial charge is 0.118 e. The van der Waals surface area contributed by atoms with Gasteiger partial charge in [-0.2, -0.15) is 0 Å². The van der Waals surface area contributed by atoms with Crippen LogP contribution in [-0.4, -0.2) is 19.7 Å². The molecule has 1 atom stereocenters. The van der Waals surface area contributed by atoms with E-state index in [0.29, 0.717) is 5.41 Å². The van der Waals surface area contributed by atoms with Crippen molar-refractivity contribution in [2.24, 2.45) is 5.41 Å². The van der Waals surface area contributed by atoms with Crippen LogP contribution in [0.5, 0.6) is 5.75 Å². The van der Waals surface area contributed by atoms with E-state index in [0.717, 1.165) is 24.8 Å². The van der Waals surface area contributed by atoms with Gasteiger partial charge < -0.3 is 10.1 Å². The van der Waals surface area contributed by atoms with Gasteiger partial charge >= 0.3 is 0 Å². The SMILES string of the molecule is COc1ccc(CCNC2CCCC(C)(C)CC2)cc1. The molecule has 112 valence electrons. The van der Waals surface area contributed by atoms with E-state index in [-0.39, 0.29) is 0 Å². The molecule has 0 aromatic heterocycles. The molecule has 1 aliphatic rings. The lowest BCUT2D eigenvalue weighted by molar-refractivity contribution is 0.310. The normalized spacial score (nSPS) is 22.2. The van der Waals surface area contributed by atoms with E-state index < -0.39 is 0 Å². The molecule has 20 heavy (non-hydrogen) atoms. The molecule has 0 aliphatic heterocycles. The van der Waals surface area contributed by atoms with Gasteiger partial charge in [0.1, 0.15) is 5.75 Å². The highest BCUT2D eigenvalue weighted by atomic mass is 16.5. The Labute approximate surface area is 123 Å². The molecule has 1 aromatic carbocycles. The maximum Gasteiger partial charge on any atom is 0.118 e. The topological polar surface area (TPSA) is 21.3 Å². The van der Waals surface area contributed by atoms with Gasteiger partial charge in [-0.3, -0.25) is 0 Å². The third kappa shape index (κ3) is 4.82. The van der Waals surface area contributed by atoms with Crippen LogP contribution in [0.15, 0.2) is 24.3 Å². The number of rotatable bonds is 5. The minimum Gasteiger partial charge on any atom is -0.497 e. The zero-order chi connectivity index (χ0) is 14.4. The van der Waals surface area contributed by atoms with Crippen molar-refractivity contribution < 1.29 is 4.74 Å². The quantitative estimate of drug-likeness (QED) is 0.814. The van der Waals surface area contributed by atoms with E-state index in [4.69, 9.17) is 4.74 Å². The number of benzene rings is 1. The first-order chi connectivity index (χ1) is 9.59. The number of hydrogen-bond acceptors (Lipinski definition) is 2. The van der Waals surface area contributed by atoms with Gasteiger partial charge in [0.05, 0.1) is 7.11 Å². The molecule has 2 nitrogen and oxygen atoms in total. The predicted octanol–water partition coefficient (Wildman–Crippen LogP) is 4.19. The molecule has 1 aromatic rings. The molecule has 0 heterocycles. The van der Waals surface area contributed by atoms with Gasteiger partial charge in [-0.05, 0) is 61.8 Å². The summed E-state index contributed by atoms with van der Waals surface area (Å²) in [6, 6.07) is 9.13. The van der Waals surface area contributed by atoms with Gasteiger partial charge in [0.15, 0.2) is 0 Å². The summed E-state index contributed by atoms with van der Waals surface area (Å²) in [5.74, 6) is 0.938. The average Bonchev–Trinajstić information content (AvgIpc) is 2.61. The highest BCUT2D eigenvalue weighted by Crippen LogP contribution is 2.33. The predicted molar refractivity (Wildman–Crippen MR) is 85.4 cm³/mol. The van der Waals surface area contributed by atoms with E-state index >= 15 is 0 Å². The van der Waals surface area contributed by atoms with Crippen molar-refractivity contribution in [3.63, 3.8) is 0 Å². The van der Waals surface area contributed by atoms with Crippen molar-refractivity contribution in [1.82, 2.24) is 5.32 Å². The minimum atomic E-state index is 0.548. The van der Waals surface area contributed by atoms with Crippen LogP contribution in [-0.2, 0) is 6.42 Å². The molecular weight excluding hydrogens is 246 g/mol. The largest absolute Gasteiger partial charge is 0.497 e. The molecule has 0 radical (unpaired) electrons. The van der Waals surface area contributed by atoms with E-state index in [1.807, 2.05) is 12.1 Å². The van der Waals surface area contributed by atoms with Crippen LogP contribution < -0.4 is 10.1 Å². The summed E-state index contributed by atoms with van der Waals surface area (Å²) >= 11 is 0. The Kier molecular flexibility index (Phi) is 5.47. The third-order valence-electron chi connectivity index (χ3n) is 4.58. The molecule has 2 rings (SSSR count). The molecule has 2 heteroatoms. The van der Waals surface area contributed by atoms with Gasteiger partial charge in [0, 0.05) is 6.04 Å². The highest BCUT2D eigenvalue weighted by molar-refractivity contribution is 5.27. The van der Waals surface area contributed by atoms with Crippen molar-refractivity contribution in [2.45, 2.75) is 58.4 Å². The second kappa shape index (κ2) is 7.12. The van der Waals surface area contributed by atoms with Crippen LogP contribution >= 0.6 is 0 Å². The Morgan fingerprint density at radius 3 is 2.60 bits per heavy atom. The Morgan fingerprint density at radius 2 is 1.90 bits per heavy atom. The fraction of sp³-hybridized carbons (Fsp3) is 0.667. The fourth-order valence-electron chi connectivity index (χ4n) is 3.08. The maximum absolute atomic E-state index is 5.19. The molecule has 1 aliphatic carbocycles. The van der Waals surface area contributed by atoms with Gasteiger partial charge in [0.2, 0.25) is 0 Å². The van der Waals surface area contributed by atoms with Crippen LogP contribution in [0.25, 0.3) is 0 Å². The summed E-state index contributed by atoms with van der Waals surface area (Å²) in [6.07, 6.45) is 7.87. The number of methoxy groups -OCH3 is 1. The lowest BCUT2D eigenvalue weighted by Crippen LogP contribution is -2.30. The van der Waals surface area contributed by atoms with Crippen molar-refractivity contribution >= 4 is 0 Å². The first-order valence-corrected chi connectivity index (χ1v) is 7.95. The molecule has 1 N–H and O–H groups in total. The van der Waals surface area contributed by atoms with E-state index in [9.17, 15) is 0 Å². The molecule has 1 unspecified atom stereocenters. The summed E-state index contributed by atoms with van der Waals surface area (Å²) in [4.78, 5) is 0. The first-order valence-electron chi connectivity index (χ1n) is 7.95. The maximum atomic E-state index is 5.19. The zero-order valence-corrected chi connectivity index (χ0v) is 13.2. The minimum absolute atomic E-state index is 0.548. The molecule has 1 saturated carbocycles. The molecule has 0 amide bonds. The summed E-state index contributed by atoms with van der Waals surface area (Å²) in [7, 11) is 1.71. The van der Waals surface area contributed by atoms with Gasteiger partial charge in [-0.15, -0.1) is 0 Å². The lowest BCUT2D eigenvalue weighted by atomic mass is 9.85. The number of nitrogens with one attached hydrogen (secondary N) is 1. The first kappa shape index (κ1) is 15.4. The average molecular weight is 275 g/mol. The summed E-state index contributed by atoms with van der Waals surface area (Å²) in [5, 5.41) is 3.75. The molecule has 1 fully saturated rings. The van der Waals surface area contributed by atoms with E-state index in [1.165, 1.54) is 37.7 Å². The molecule has 0 bridgehead atoms. The highest BCUT2D eigenvalue weighted by Gasteiger charge is 2.23. The summed E-state index contributed by atoms with van der Waals surface area (Å²) in [5.41, 5.74) is 1.93. The van der Waals surface area contributed by atoms with Gasteiger partial charge in [0.25, 0.3) is 0 Å². The van der Waals surface area contributed by atoms with Crippen LogP contribution in [0, 0.1) is 5.41 Å². The Morgan fingerprint density at radius 1 is 1.15 bits per heavy atom. The van der Waals surface area contributed by atoms with Crippen molar-refractivity contribution in [3.8, 4) is 5.75 Å². The van der Waals surface area contributed by atoms with Crippen LogP contribution in [0.1, 0.15) is 51.5 Å². The summed E-state index contributed by atoms with van der Waals surface area (Å²) < 4.78 is 5.19. The van der Waals surface area contributed by atoms with E-state index in [1.54, 1.807) is 7.11 Å². The Bertz CT molecular complexity index is 396. The lowest BCUT2D eigenvalue weighted by Gasteiger charge is -2.22. The summed E-state index contributed by atoms with van der Waals surface area (Å²) in [6.45, 7) is 5.90. The zero-order valence-electron chi connectivity index (χ0n) is 13.2. The van der Waals surface area contributed by atoms with Crippen LogP contribution in [0.2, 0.25) is 0 Å². The Hall–Kier alpha value is -1.02. The van der Waals surface area contributed by atoms with Crippen LogP contribution in [0.4, 0.5) is 0 Å². The van der Waals surface area contributed by atoms with Gasteiger partial charge in [-0.1, -0.05) is 32.4 Å². The van der Waals surface area contributed by atoms with Crippen molar-refractivity contribution in [3.05, 3.63) is 29.8 Å². The third-order valence-corrected chi connectivity index (χ3v) is 4.58. The fourth-order valence-corrected chi connectivity index (χ4v) is 3.08. The van der Waals surface area contributed by atoms with Crippen LogP contribution in [0.3, 0.4) is 0 Å². The van der Waals surface area contributed by atoms with Crippen molar-refractivity contribution in [2.75, 3.05) is 13.7 Å². The molecule has 0 saturated heterocycles. The second-order valence-electron chi connectivity index (χ2n) is 6.84. The number of hydrogen-bond donors (Lipinski definition) is 1. The van der Waals surface area contributed by atoms with E-state index in [2.05, 4.69) is 31.3 Å². The second-order valence-corrected chi connectivity index (χ2v) is 6.84. The van der Waals surface area contributed by atoms with Gasteiger partial charge in [-0.25, -0.2) is 0 Å². The van der Waals surface area contributed by atoms with Crippen molar-refractivity contribution in [1.29, 1.82) is 0 Å². The molecular formula is C18H29NO.